The van der Waals surface area contributed by atoms with Gasteiger partial charge >= 0.3 is 5.97 Å². The Balaban J connectivity index is 3.95. The topological polar surface area (TPSA) is 55.8 Å². The molecule has 2 atom stereocenters. The molecule has 0 fully saturated rings. The van der Waals surface area contributed by atoms with Crippen molar-refractivity contribution in [3.05, 3.63) is 0 Å². The second kappa shape index (κ2) is 17.2. The van der Waals surface area contributed by atoms with Crippen LogP contribution in [0.4, 0.5) is 0 Å². The molecule has 0 aliphatic heterocycles. The van der Waals surface area contributed by atoms with E-state index >= 15 is 0 Å². The van der Waals surface area contributed by atoms with Gasteiger partial charge in [0.05, 0.1) is 6.61 Å². The molecule has 24 heavy (non-hydrogen) atoms. The van der Waals surface area contributed by atoms with E-state index in [9.17, 15) is 4.79 Å². The van der Waals surface area contributed by atoms with E-state index < -0.39 is 12.3 Å². The van der Waals surface area contributed by atoms with Gasteiger partial charge in [0.15, 0.2) is 6.29 Å². The normalized spacial score (nSPS) is 13.8. The van der Waals surface area contributed by atoms with Crippen molar-refractivity contribution in [2.75, 3.05) is 13.2 Å². The third kappa shape index (κ3) is 16.3. The predicted molar refractivity (Wildman–Crippen MR) is 99.2 cm³/mol. The lowest BCUT2D eigenvalue weighted by atomic mass is 9.95. The molecule has 0 aliphatic carbocycles. The molecule has 2 unspecified atom stereocenters. The van der Waals surface area contributed by atoms with Crippen LogP contribution < -0.4 is 0 Å². The van der Waals surface area contributed by atoms with Gasteiger partial charge < -0.3 is 14.6 Å². The molecule has 4 heteroatoms. The van der Waals surface area contributed by atoms with Crippen LogP contribution in [-0.4, -0.2) is 30.6 Å². The van der Waals surface area contributed by atoms with Gasteiger partial charge in [-0.1, -0.05) is 78.1 Å². The number of carbonyl (C=O) groups is 1. The Hall–Kier alpha value is -0.610. The number of ether oxygens (including phenoxy) is 2. The van der Waals surface area contributed by atoms with Crippen molar-refractivity contribution in [3.8, 4) is 0 Å². The average Bonchev–Trinajstić information content (AvgIpc) is 2.56. The second-order valence-corrected chi connectivity index (χ2v) is 6.88. The molecule has 0 aromatic rings. The number of hydrogen-bond donors (Lipinski definition) is 1. The van der Waals surface area contributed by atoms with E-state index in [0.29, 0.717) is 12.5 Å². The number of unbranched alkanes of at least 4 members (excludes halogenated alkanes) is 8. The van der Waals surface area contributed by atoms with E-state index in [1.54, 1.807) is 6.92 Å². The summed E-state index contributed by atoms with van der Waals surface area (Å²) in [5.41, 5.74) is 0. The quantitative estimate of drug-likeness (QED) is 0.253. The average molecular weight is 345 g/mol. The predicted octanol–water partition coefficient (Wildman–Crippen LogP) is 5.79. The van der Waals surface area contributed by atoms with Gasteiger partial charge in [-0.2, -0.15) is 0 Å². The van der Waals surface area contributed by atoms with Crippen LogP contribution in [-0.2, 0) is 14.3 Å². The van der Waals surface area contributed by atoms with Crippen LogP contribution in [0.25, 0.3) is 0 Å². The SMILES string of the molecule is CCCCCCCCC(CCCCCC)COC(C)OCC(=O)O. The minimum absolute atomic E-state index is 0.292. The summed E-state index contributed by atoms with van der Waals surface area (Å²) in [7, 11) is 0. The minimum atomic E-state index is -0.950. The van der Waals surface area contributed by atoms with E-state index in [1.165, 1.54) is 77.0 Å². The Morgan fingerprint density at radius 2 is 1.33 bits per heavy atom. The molecule has 0 amide bonds. The molecule has 0 aromatic heterocycles. The maximum absolute atomic E-state index is 10.5. The van der Waals surface area contributed by atoms with Gasteiger partial charge in [-0.15, -0.1) is 0 Å². The molecule has 0 bridgehead atoms. The molecule has 0 aliphatic rings. The van der Waals surface area contributed by atoms with E-state index in [0.717, 1.165) is 0 Å². The Bertz CT molecular complexity index is 281. The van der Waals surface area contributed by atoms with E-state index in [1.807, 2.05) is 0 Å². The van der Waals surface area contributed by atoms with E-state index in [2.05, 4.69) is 13.8 Å². The van der Waals surface area contributed by atoms with Crippen LogP contribution >= 0.6 is 0 Å². The molecule has 144 valence electrons. The van der Waals surface area contributed by atoms with Gasteiger partial charge in [0.25, 0.3) is 0 Å². The lowest BCUT2D eigenvalue weighted by Gasteiger charge is -2.20. The summed E-state index contributed by atoms with van der Waals surface area (Å²) in [6, 6.07) is 0. The smallest absolute Gasteiger partial charge is 0.329 e. The van der Waals surface area contributed by atoms with Gasteiger partial charge in [0.2, 0.25) is 0 Å². The Labute approximate surface area is 149 Å². The molecule has 1 N–H and O–H groups in total. The highest BCUT2D eigenvalue weighted by molar-refractivity contribution is 5.67. The van der Waals surface area contributed by atoms with Gasteiger partial charge in [0.1, 0.15) is 6.61 Å². The van der Waals surface area contributed by atoms with Crippen LogP contribution in [0.3, 0.4) is 0 Å². The first-order chi connectivity index (χ1) is 11.6. The number of carboxylic acids is 1. The zero-order valence-electron chi connectivity index (χ0n) is 16.2. The van der Waals surface area contributed by atoms with Crippen molar-refractivity contribution < 1.29 is 19.4 Å². The maximum atomic E-state index is 10.5. The van der Waals surface area contributed by atoms with E-state index in [4.69, 9.17) is 14.6 Å². The Morgan fingerprint density at radius 3 is 1.88 bits per heavy atom. The molecule has 0 rings (SSSR count). The van der Waals surface area contributed by atoms with Crippen LogP contribution in [0, 0.1) is 5.92 Å². The minimum Gasteiger partial charge on any atom is -0.480 e. The molecule has 0 saturated heterocycles. The monoisotopic (exact) mass is 344 g/mol. The molecule has 0 saturated carbocycles. The fraction of sp³-hybridized carbons (Fsp3) is 0.950. The fourth-order valence-electron chi connectivity index (χ4n) is 2.89. The molecule has 0 radical (unpaired) electrons. The molecule has 0 aromatic carbocycles. The number of carboxylic acid groups (broad SMARTS) is 1. The Kier molecular flexibility index (Phi) is 16.8. The lowest BCUT2D eigenvalue weighted by molar-refractivity contribution is -0.166. The van der Waals surface area contributed by atoms with Crippen molar-refractivity contribution in [2.45, 2.75) is 104 Å². The van der Waals surface area contributed by atoms with Gasteiger partial charge in [-0.3, -0.25) is 0 Å². The first-order valence-electron chi connectivity index (χ1n) is 10.0. The van der Waals surface area contributed by atoms with Crippen LogP contribution in [0.2, 0.25) is 0 Å². The summed E-state index contributed by atoms with van der Waals surface area (Å²) >= 11 is 0. The zero-order chi connectivity index (χ0) is 18.0. The summed E-state index contributed by atoms with van der Waals surface area (Å²) in [5, 5.41) is 8.63. The van der Waals surface area contributed by atoms with Crippen molar-refractivity contribution in [1.29, 1.82) is 0 Å². The first-order valence-corrected chi connectivity index (χ1v) is 10.0. The molecule has 0 heterocycles. The third-order valence-corrected chi connectivity index (χ3v) is 4.44. The highest BCUT2D eigenvalue weighted by Crippen LogP contribution is 2.20. The zero-order valence-corrected chi connectivity index (χ0v) is 16.2. The van der Waals surface area contributed by atoms with Crippen molar-refractivity contribution in [3.63, 3.8) is 0 Å². The molecule has 0 spiro atoms. The third-order valence-electron chi connectivity index (χ3n) is 4.44. The molecular weight excluding hydrogens is 304 g/mol. The summed E-state index contributed by atoms with van der Waals surface area (Å²) in [4.78, 5) is 10.5. The van der Waals surface area contributed by atoms with Gasteiger partial charge in [0, 0.05) is 0 Å². The summed E-state index contributed by atoms with van der Waals surface area (Å²) in [5.74, 6) is -0.377. The number of hydrogen-bond acceptors (Lipinski definition) is 3. The maximum Gasteiger partial charge on any atom is 0.329 e. The summed E-state index contributed by atoms with van der Waals surface area (Å²) in [6.45, 7) is 6.65. The summed E-state index contributed by atoms with van der Waals surface area (Å²) < 4.78 is 10.9. The van der Waals surface area contributed by atoms with Crippen LogP contribution in [0.15, 0.2) is 0 Å². The second-order valence-electron chi connectivity index (χ2n) is 6.88. The first kappa shape index (κ1) is 23.4. The van der Waals surface area contributed by atoms with E-state index in [-0.39, 0.29) is 6.61 Å². The lowest BCUT2D eigenvalue weighted by Crippen LogP contribution is -2.21. The standard InChI is InChI=1S/C20H40O4/c1-4-6-8-10-11-13-15-19(14-12-9-7-5-2)16-23-18(3)24-17-20(21)22/h18-19H,4-17H2,1-3H3,(H,21,22). The molecule has 4 nitrogen and oxygen atoms in total. The van der Waals surface area contributed by atoms with Crippen molar-refractivity contribution in [2.24, 2.45) is 5.92 Å². The van der Waals surface area contributed by atoms with Crippen LogP contribution in [0.5, 0.6) is 0 Å². The molecular formula is C20H40O4. The summed E-state index contributed by atoms with van der Waals surface area (Å²) in [6.07, 6.45) is 15.0. The van der Waals surface area contributed by atoms with Crippen molar-refractivity contribution >= 4 is 5.97 Å². The largest absolute Gasteiger partial charge is 0.480 e. The van der Waals surface area contributed by atoms with Gasteiger partial charge in [-0.05, 0) is 25.7 Å². The van der Waals surface area contributed by atoms with Crippen LogP contribution in [0.1, 0.15) is 97.8 Å². The highest BCUT2D eigenvalue weighted by atomic mass is 16.7. The highest BCUT2D eigenvalue weighted by Gasteiger charge is 2.12. The number of rotatable bonds is 18. The van der Waals surface area contributed by atoms with Crippen molar-refractivity contribution in [1.82, 2.24) is 0 Å². The van der Waals surface area contributed by atoms with Gasteiger partial charge in [-0.25, -0.2) is 4.79 Å². The fourth-order valence-corrected chi connectivity index (χ4v) is 2.89. The number of aliphatic carboxylic acids is 1. The Morgan fingerprint density at radius 1 is 0.833 bits per heavy atom.